The molecule has 0 saturated heterocycles. The third kappa shape index (κ3) is 4.60. The monoisotopic (exact) mass is 366 g/mol. The molecular weight excluding hydrogens is 344 g/mol. The van der Waals surface area contributed by atoms with Crippen LogP contribution >= 0.6 is 0 Å². The van der Waals surface area contributed by atoms with Crippen LogP contribution in [-0.2, 0) is 11.2 Å². The fraction of sp³-hybridized carbons (Fsp3) is 0.263. The maximum absolute atomic E-state index is 11.8. The first-order chi connectivity index (χ1) is 13.1. The average Bonchev–Trinajstić information content (AvgIpc) is 3.04. The Labute approximate surface area is 157 Å². The van der Waals surface area contributed by atoms with Gasteiger partial charge in [0.15, 0.2) is 5.82 Å². The minimum atomic E-state index is -0.298. The van der Waals surface area contributed by atoms with E-state index in [0.29, 0.717) is 31.0 Å². The Bertz CT molecular complexity index is 951. The molecule has 0 aromatic carbocycles. The van der Waals surface area contributed by atoms with Crippen LogP contribution in [0.3, 0.4) is 0 Å². The molecule has 0 aliphatic rings. The van der Waals surface area contributed by atoms with Crippen molar-refractivity contribution in [3.05, 3.63) is 48.5 Å². The van der Waals surface area contributed by atoms with E-state index in [1.807, 2.05) is 35.6 Å². The fourth-order valence-corrected chi connectivity index (χ4v) is 2.80. The predicted molar refractivity (Wildman–Crippen MR) is 104 cm³/mol. The first-order valence-corrected chi connectivity index (χ1v) is 8.78. The summed E-state index contributed by atoms with van der Waals surface area (Å²) >= 11 is 0. The number of carbonyl (C=O) groups is 2. The molecule has 3 heterocycles. The summed E-state index contributed by atoms with van der Waals surface area (Å²) in [5.41, 5.74) is 3.63. The van der Waals surface area contributed by atoms with Crippen molar-refractivity contribution in [2.45, 2.75) is 20.3 Å². The van der Waals surface area contributed by atoms with Crippen molar-refractivity contribution in [2.75, 3.05) is 18.4 Å². The van der Waals surface area contributed by atoms with Gasteiger partial charge in [0.1, 0.15) is 5.65 Å². The summed E-state index contributed by atoms with van der Waals surface area (Å²) in [6.45, 7) is 4.39. The zero-order valence-corrected chi connectivity index (χ0v) is 15.3. The van der Waals surface area contributed by atoms with E-state index in [-0.39, 0.29) is 11.9 Å². The molecular formula is C19H22N6O2. The van der Waals surface area contributed by atoms with Gasteiger partial charge in [-0.2, -0.15) is 0 Å². The topological polar surface area (TPSA) is 100 Å². The van der Waals surface area contributed by atoms with Crippen molar-refractivity contribution < 1.29 is 9.59 Å². The van der Waals surface area contributed by atoms with E-state index in [1.54, 1.807) is 18.6 Å². The van der Waals surface area contributed by atoms with Crippen LogP contribution < -0.4 is 16.0 Å². The van der Waals surface area contributed by atoms with Gasteiger partial charge in [-0.05, 0) is 30.7 Å². The van der Waals surface area contributed by atoms with Crippen LogP contribution in [0.1, 0.15) is 19.5 Å². The van der Waals surface area contributed by atoms with E-state index in [9.17, 15) is 9.59 Å². The molecule has 0 radical (unpaired) electrons. The summed E-state index contributed by atoms with van der Waals surface area (Å²) < 4.78 is 1.92. The molecule has 0 aliphatic heterocycles. The van der Waals surface area contributed by atoms with Gasteiger partial charge in [-0.15, -0.1) is 0 Å². The van der Waals surface area contributed by atoms with Crippen molar-refractivity contribution in [1.29, 1.82) is 0 Å². The zero-order chi connectivity index (χ0) is 19.2. The summed E-state index contributed by atoms with van der Waals surface area (Å²) in [5.74, 6) is 0.393. The molecule has 27 heavy (non-hydrogen) atoms. The lowest BCUT2D eigenvalue weighted by atomic mass is 10.1. The molecule has 0 fully saturated rings. The summed E-state index contributed by atoms with van der Waals surface area (Å²) in [4.78, 5) is 31.6. The predicted octanol–water partition coefficient (Wildman–Crippen LogP) is 2.22. The number of carbonyl (C=O) groups excluding carboxylic acids is 2. The molecule has 0 unspecified atom stereocenters. The summed E-state index contributed by atoms with van der Waals surface area (Å²) in [7, 11) is 0. The Morgan fingerprint density at radius 3 is 2.74 bits per heavy atom. The molecule has 3 amide bonds. The van der Waals surface area contributed by atoms with Gasteiger partial charge in [0.05, 0.1) is 6.20 Å². The Kier molecular flexibility index (Phi) is 5.65. The van der Waals surface area contributed by atoms with E-state index in [0.717, 1.165) is 16.8 Å². The minimum absolute atomic E-state index is 0.0705. The number of nitrogens with zero attached hydrogens (tertiary/aromatic N) is 3. The molecule has 3 aromatic heterocycles. The van der Waals surface area contributed by atoms with Crippen LogP contribution in [0.15, 0.2) is 42.9 Å². The van der Waals surface area contributed by atoms with E-state index < -0.39 is 0 Å². The Morgan fingerprint density at radius 1 is 1.19 bits per heavy atom. The zero-order valence-electron chi connectivity index (χ0n) is 15.3. The molecule has 0 saturated carbocycles. The van der Waals surface area contributed by atoms with Crippen molar-refractivity contribution in [3.8, 4) is 11.1 Å². The summed E-state index contributed by atoms with van der Waals surface area (Å²) in [6, 6.07) is 7.55. The molecule has 8 nitrogen and oxygen atoms in total. The molecule has 140 valence electrons. The SMILES string of the molecule is CCNC(=O)Nc1cn2c(CCNC(C)=O)cc(-c3cccnc3)cc2n1. The molecule has 0 spiro atoms. The third-order valence-electron chi connectivity index (χ3n) is 3.98. The molecule has 0 atom stereocenters. The average molecular weight is 366 g/mol. The van der Waals surface area contributed by atoms with E-state index in [1.165, 1.54) is 6.92 Å². The van der Waals surface area contributed by atoms with Crippen LogP contribution in [0.4, 0.5) is 10.6 Å². The first kappa shape index (κ1) is 18.4. The molecule has 3 rings (SSSR count). The number of aromatic nitrogens is 3. The number of pyridine rings is 2. The molecule has 8 heteroatoms. The van der Waals surface area contributed by atoms with Gasteiger partial charge in [-0.1, -0.05) is 6.07 Å². The van der Waals surface area contributed by atoms with Crippen molar-refractivity contribution in [3.63, 3.8) is 0 Å². The Morgan fingerprint density at radius 2 is 2.04 bits per heavy atom. The second kappa shape index (κ2) is 8.31. The third-order valence-corrected chi connectivity index (χ3v) is 3.98. The second-order valence-electron chi connectivity index (χ2n) is 6.05. The number of anilines is 1. The van der Waals surface area contributed by atoms with Gasteiger partial charge in [-0.3, -0.25) is 15.1 Å². The number of hydrogen-bond donors (Lipinski definition) is 3. The van der Waals surface area contributed by atoms with Gasteiger partial charge >= 0.3 is 6.03 Å². The fourth-order valence-electron chi connectivity index (χ4n) is 2.80. The van der Waals surface area contributed by atoms with Gasteiger partial charge < -0.3 is 15.0 Å². The van der Waals surface area contributed by atoms with Crippen molar-refractivity contribution >= 4 is 23.4 Å². The standard InChI is InChI=1S/C19H22N6O2/c1-3-21-19(27)24-17-12-25-16(6-8-22-13(2)26)9-15(10-18(25)23-17)14-5-4-7-20-11-14/h4-5,7,9-12H,3,6,8H2,1-2H3,(H,22,26)(H2,21,24,27). The highest BCUT2D eigenvalue weighted by Crippen LogP contribution is 2.23. The lowest BCUT2D eigenvalue weighted by Crippen LogP contribution is -2.28. The summed E-state index contributed by atoms with van der Waals surface area (Å²) in [6.07, 6.45) is 5.92. The molecule has 3 aromatic rings. The molecule has 0 aliphatic carbocycles. The summed E-state index contributed by atoms with van der Waals surface area (Å²) in [5, 5.41) is 8.22. The number of imidazole rings is 1. The highest BCUT2D eigenvalue weighted by atomic mass is 16.2. The lowest BCUT2D eigenvalue weighted by molar-refractivity contribution is -0.118. The highest BCUT2D eigenvalue weighted by Gasteiger charge is 2.11. The number of rotatable bonds is 6. The Hall–Kier alpha value is -3.42. The van der Waals surface area contributed by atoms with Crippen molar-refractivity contribution in [1.82, 2.24) is 25.0 Å². The van der Waals surface area contributed by atoms with Crippen LogP contribution in [-0.4, -0.2) is 39.4 Å². The number of fused-ring (bicyclic) bond motifs is 1. The normalized spacial score (nSPS) is 10.6. The second-order valence-corrected chi connectivity index (χ2v) is 6.05. The number of nitrogens with one attached hydrogen (secondary N) is 3. The number of hydrogen-bond acceptors (Lipinski definition) is 4. The van der Waals surface area contributed by atoms with Crippen LogP contribution in [0, 0.1) is 0 Å². The van der Waals surface area contributed by atoms with Gasteiger partial charge in [-0.25, -0.2) is 9.78 Å². The number of urea groups is 1. The van der Waals surface area contributed by atoms with Crippen LogP contribution in [0.5, 0.6) is 0 Å². The van der Waals surface area contributed by atoms with Gasteiger partial charge in [0, 0.05) is 50.1 Å². The first-order valence-electron chi connectivity index (χ1n) is 8.78. The minimum Gasteiger partial charge on any atom is -0.356 e. The van der Waals surface area contributed by atoms with Crippen molar-refractivity contribution in [2.24, 2.45) is 0 Å². The van der Waals surface area contributed by atoms with Crippen LogP contribution in [0.25, 0.3) is 16.8 Å². The molecule has 3 N–H and O–H groups in total. The van der Waals surface area contributed by atoms with Gasteiger partial charge in [0.2, 0.25) is 5.91 Å². The maximum atomic E-state index is 11.8. The highest BCUT2D eigenvalue weighted by molar-refractivity contribution is 5.88. The Balaban J connectivity index is 1.97. The van der Waals surface area contributed by atoms with E-state index in [2.05, 4.69) is 25.9 Å². The largest absolute Gasteiger partial charge is 0.356 e. The maximum Gasteiger partial charge on any atom is 0.320 e. The quantitative estimate of drug-likeness (QED) is 0.623. The molecule has 0 bridgehead atoms. The lowest BCUT2D eigenvalue weighted by Gasteiger charge is -2.09. The van der Waals surface area contributed by atoms with Gasteiger partial charge in [0.25, 0.3) is 0 Å². The smallest absolute Gasteiger partial charge is 0.320 e. The van der Waals surface area contributed by atoms with E-state index in [4.69, 9.17) is 0 Å². The number of amides is 3. The van der Waals surface area contributed by atoms with E-state index >= 15 is 0 Å². The van der Waals surface area contributed by atoms with Crippen LogP contribution in [0.2, 0.25) is 0 Å².